The second kappa shape index (κ2) is 9.80. The maximum atomic E-state index is 11.5. The Kier molecular flexibility index (Phi) is 7.94. The Hall–Kier alpha value is -2.04. The van der Waals surface area contributed by atoms with Crippen molar-refractivity contribution in [2.45, 2.75) is 39.0 Å². The first-order valence-electron chi connectivity index (χ1n) is 7.16. The van der Waals surface area contributed by atoms with Crippen LogP contribution in [0.2, 0.25) is 0 Å². The molecule has 0 spiro atoms. The lowest BCUT2D eigenvalue weighted by molar-refractivity contribution is -0.143. The fourth-order valence-corrected chi connectivity index (χ4v) is 1.81. The molecule has 0 N–H and O–H groups in total. The Morgan fingerprint density at radius 3 is 2.67 bits per heavy atom. The van der Waals surface area contributed by atoms with Crippen LogP contribution in [0.5, 0.6) is 11.5 Å². The molecule has 0 saturated heterocycles. The molecular formula is C16H23NO4. The minimum absolute atomic E-state index is 0.310. The number of benzene rings is 1. The lowest BCUT2D eigenvalue weighted by Gasteiger charge is -2.06. The van der Waals surface area contributed by atoms with Crippen LogP contribution in [0.25, 0.3) is 0 Å². The molecule has 1 aromatic carbocycles. The summed E-state index contributed by atoms with van der Waals surface area (Å²) in [5.74, 6) is 0.990. The van der Waals surface area contributed by atoms with Crippen LogP contribution in [-0.4, -0.2) is 26.4 Å². The molecule has 21 heavy (non-hydrogen) atoms. The van der Waals surface area contributed by atoms with E-state index in [1.807, 2.05) is 0 Å². The van der Waals surface area contributed by atoms with E-state index in [2.05, 4.69) is 12.1 Å². The van der Waals surface area contributed by atoms with Crippen molar-refractivity contribution in [3.05, 3.63) is 23.8 Å². The van der Waals surface area contributed by atoms with E-state index in [0.717, 1.165) is 31.2 Å². The first-order chi connectivity index (χ1) is 10.2. The molecule has 0 aromatic heterocycles. The molecule has 0 radical (unpaired) electrons. The number of unbranched alkanes of at least 4 members (excludes halogenated alkanes) is 3. The number of hydrogen-bond acceptors (Lipinski definition) is 5. The van der Waals surface area contributed by atoms with Gasteiger partial charge in [0.1, 0.15) is 11.5 Å². The molecule has 5 nitrogen and oxygen atoms in total. The van der Waals surface area contributed by atoms with Gasteiger partial charge in [-0.3, -0.25) is 0 Å². The van der Waals surface area contributed by atoms with Crippen LogP contribution in [0.4, 0.5) is 0 Å². The summed E-state index contributed by atoms with van der Waals surface area (Å²) < 4.78 is 10.3. The predicted molar refractivity (Wildman–Crippen MR) is 82.0 cm³/mol. The summed E-state index contributed by atoms with van der Waals surface area (Å²) in [5, 5.41) is 3.71. The van der Waals surface area contributed by atoms with E-state index in [0.29, 0.717) is 17.9 Å². The second-order valence-electron chi connectivity index (χ2n) is 4.62. The van der Waals surface area contributed by atoms with Gasteiger partial charge in [0.15, 0.2) is 0 Å². The van der Waals surface area contributed by atoms with Crippen molar-refractivity contribution >= 4 is 12.2 Å². The molecule has 0 aliphatic carbocycles. The molecule has 1 rings (SSSR count). The third kappa shape index (κ3) is 6.29. The lowest BCUT2D eigenvalue weighted by atomic mass is 10.2. The van der Waals surface area contributed by atoms with Gasteiger partial charge in [0, 0.05) is 18.1 Å². The van der Waals surface area contributed by atoms with Crippen molar-refractivity contribution in [2.24, 2.45) is 5.16 Å². The van der Waals surface area contributed by atoms with Crippen molar-refractivity contribution in [1.29, 1.82) is 0 Å². The van der Waals surface area contributed by atoms with Gasteiger partial charge < -0.3 is 14.3 Å². The molecule has 1 aromatic rings. The maximum Gasteiger partial charge on any atom is 0.335 e. The van der Waals surface area contributed by atoms with Gasteiger partial charge in [-0.1, -0.05) is 31.3 Å². The average molecular weight is 293 g/mol. The summed E-state index contributed by atoms with van der Waals surface area (Å²) in [6.07, 6.45) is 6.03. The zero-order valence-corrected chi connectivity index (χ0v) is 12.9. The third-order valence-electron chi connectivity index (χ3n) is 3.02. The number of carbonyl (C=O) groups is 1. The topological polar surface area (TPSA) is 57.1 Å². The molecule has 0 bridgehead atoms. The van der Waals surface area contributed by atoms with Crippen LogP contribution in [-0.2, 0) is 9.63 Å². The van der Waals surface area contributed by atoms with E-state index in [4.69, 9.17) is 14.3 Å². The Morgan fingerprint density at radius 2 is 2.00 bits per heavy atom. The predicted octanol–water partition coefficient (Wildman–Crippen LogP) is 3.55. The van der Waals surface area contributed by atoms with Gasteiger partial charge in [0.25, 0.3) is 0 Å². The molecule has 0 heterocycles. The summed E-state index contributed by atoms with van der Waals surface area (Å²) in [7, 11) is 3.15. The molecule has 0 amide bonds. The average Bonchev–Trinajstić information content (AvgIpc) is 2.51. The number of methoxy groups -OCH3 is 2. The molecule has 0 aliphatic rings. The van der Waals surface area contributed by atoms with Gasteiger partial charge >= 0.3 is 5.97 Å². The lowest BCUT2D eigenvalue weighted by Crippen LogP contribution is -2.00. The number of rotatable bonds is 9. The van der Waals surface area contributed by atoms with Crippen LogP contribution < -0.4 is 9.47 Å². The minimum Gasteiger partial charge on any atom is -0.497 e. The summed E-state index contributed by atoms with van der Waals surface area (Å²) in [5.41, 5.74) is 0.720. The van der Waals surface area contributed by atoms with Crippen molar-refractivity contribution < 1.29 is 19.1 Å². The van der Waals surface area contributed by atoms with E-state index in [-0.39, 0.29) is 5.97 Å². The Labute approximate surface area is 125 Å². The molecule has 0 saturated carbocycles. The van der Waals surface area contributed by atoms with Crippen molar-refractivity contribution in [1.82, 2.24) is 0 Å². The van der Waals surface area contributed by atoms with E-state index in [9.17, 15) is 4.79 Å². The Morgan fingerprint density at radius 1 is 1.19 bits per heavy atom. The van der Waals surface area contributed by atoms with Crippen molar-refractivity contribution in [2.75, 3.05) is 14.2 Å². The normalized spacial score (nSPS) is 10.6. The zero-order valence-electron chi connectivity index (χ0n) is 12.9. The van der Waals surface area contributed by atoms with Gasteiger partial charge in [0.05, 0.1) is 20.4 Å². The third-order valence-corrected chi connectivity index (χ3v) is 3.02. The molecule has 0 fully saturated rings. The van der Waals surface area contributed by atoms with Crippen LogP contribution in [0.1, 0.15) is 44.6 Å². The van der Waals surface area contributed by atoms with Crippen LogP contribution >= 0.6 is 0 Å². The number of carbonyl (C=O) groups excluding carboxylic acids is 1. The maximum absolute atomic E-state index is 11.5. The fraction of sp³-hybridized carbons (Fsp3) is 0.500. The molecule has 0 aliphatic heterocycles. The van der Waals surface area contributed by atoms with E-state index in [1.54, 1.807) is 32.4 Å². The van der Waals surface area contributed by atoms with E-state index < -0.39 is 0 Å². The quantitative estimate of drug-likeness (QED) is 0.302. The van der Waals surface area contributed by atoms with E-state index in [1.165, 1.54) is 6.21 Å². The highest BCUT2D eigenvalue weighted by Crippen LogP contribution is 2.23. The van der Waals surface area contributed by atoms with Crippen LogP contribution in [0, 0.1) is 0 Å². The number of nitrogens with zero attached hydrogens (tertiary/aromatic N) is 1. The molecule has 0 atom stereocenters. The summed E-state index contributed by atoms with van der Waals surface area (Å²) in [6.45, 7) is 2.13. The molecule has 0 unspecified atom stereocenters. The van der Waals surface area contributed by atoms with Crippen molar-refractivity contribution in [3.8, 4) is 11.5 Å². The van der Waals surface area contributed by atoms with Gasteiger partial charge in [-0.05, 0) is 18.6 Å². The number of oxime groups is 1. The molecule has 5 heteroatoms. The van der Waals surface area contributed by atoms with Crippen LogP contribution in [0.3, 0.4) is 0 Å². The zero-order chi connectivity index (χ0) is 15.5. The SMILES string of the molecule is CCCCCCC(=O)O/N=C/c1ccc(OC)cc1OC. The molecular weight excluding hydrogens is 270 g/mol. The van der Waals surface area contributed by atoms with Gasteiger partial charge in [-0.25, -0.2) is 4.79 Å². The van der Waals surface area contributed by atoms with Gasteiger partial charge in [-0.2, -0.15) is 0 Å². The second-order valence-corrected chi connectivity index (χ2v) is 4.62. The highest BCUT2D eigenvalue weighted by Gasteiger charge is 2.04. The summed E-state index contributed by atoms with van der Waals surface area (Å²) in [4.78, 5) is 16.3. The highest BCUT2D eigenvalue weighted by molar-refractivity contribution is 5.84. The molecule has 116 valence electrons. The first kappa shape index (κ1) is 17.0. The smallest absolute Gasteiger partial charge is 0.335 e. The minimum atomic E-state index is -0.310. The first-order valence-corrected chi connectivity index (χ1v) is 7.16. The largest absolute Gasteiger partial charge is 0.497 e. The monoisotopic (exact) mass is 293 g/mol. The number of hydrogen-bond donors (Lipinski definition) is 0. The van der Waals surface area contributed by atoms with Crippen molar-refractivity contribution in [3.63, 3.8) is 0 Å². The standard InChI is InChI=1S/C16H23NO4/c1-4-5-6-7-8-16(18)21-17-12-13-9-10-14(19-2)11-15(13)20-3/h9-12H,4-8H2,1-3H3/b17-12+. The van der Waals surface area contributed by atoms with Crippen LogP contribution in [0.15, 0.2) is 23.4 Å². The van der Waals surface area contributed by atoms with Gasteiger partial charge in [-0.15, -0.1) is 0 Å². The Bertz CT molecular complexity index is 471. The summed E-state index contributed by atoms with van der Waals surface area (Å²) >= 11 is 0. The highest BCUT2D eigenvalue weighted by atomic mass is 16.7. The fourth-order valence-electron chi connectivity index (χ4n) is 1.81. The summed E-state index contributed by atoms with van der Waals surface area (Å²) in [6, 6.07) is 5.32. The van der Waals surface area contributed by atoms with E-state index >= 15 is 0 Å². The van der Waals surface area contributed by atoms with Gasteiger partial charge in [0.2, 0.25) is 0 Å². The Balaban J connectivity index is 2.47. The number of ether oxygens (including phenoxy) is 2.